The van der Waals surface area contributed by atoms with Crippen LogP contribution in [0.2, 0.25) is 0 Å². The third kappa shape index (κ3) is 2.29. The monoisotopic (exact) mass is 349 g/mol. The molecule has 1 fully saturated rings. The summed E-state index contributed by atoms with van der Waals surface area (Å²) < 4.78 is 2.17. The lowest BCUT2D eigenvalue weighted by molar-refractivity contribution is 0.0694. The maximum absolute atomic E-state index is 13.3. The minimum absolute atomic E-state index is 0.163. The molecular weight excluding hydrogens is 330 g/mol. The Balaban J connectivity index is 1.78. The maximum Gasteiger partial charge on any atom is 0.271 e. The number of aromatic nitrogens is 2. The van der Waals surface area contributed by atoms with Crippen molar-refractivity contribution < 1.29 is 4.79 Å². The summed E-state index contributed by atoms with van der Waals surface area (Å²) in [5.74, 6) is 0.163. The van der Waals surface area contributed by atoms with Crippen LogP contribution in [0, 0.1) is 0 Å². The van der Waals surface area contributed by atoms with E-state index >= 15 is 0 Å². The second kappa shape index (κ2) is 5.63. The first kappa shape index (κ1) is 15.0. The highest BCUT2D eigenvalue weighted by Gasteiger charge is 2.39. The molecule has 5 rings (SSSR count). The number of fused-ring (bicyclic) bond motifs is 3. The lowest BCUT2D eigenvalue weighted by Crippen LogP contribution is -2.41. The quantitative estimate of drug-likeness (QED) is 0.670. The standard InChI is InChI=1S/C20H19N3OS/c1-25-15-5-2-4-13(12-15)17-18-16(6-3-9-21-18)23-11-10-22(14-7-8-14)20(24)19(17)23/h2-6,9,12,14H,7-8,10-11H2,1H3. The van der Waals surface area contributed by atoms with Crippen LogP contribution in [0.15, 0.2) is 47.5 Å². The number of rotatable bonds is 3. The Morgan fingerprint density at radius 2 is 2.04 bits per heavy atom. The molecule has 1 amide bonds. The molecule has 2 aliphatic rings. The topological polar surface area (TPSA) is 38.1 Å². The van der Waals surface area contributed by atoms with Crippen molar-refractivity contribution in [2.45, 2.75) is 30.3 Å². The zero-order valence-electron chi connectivity index (χ0n) is 14.1. The fourth-order valence-corrected chi connectivity index (χ4v) is 4.32. The molecular formula is C20H19N3OS. The van der Waals surface area contributed by atoms with E-state index < -0.39 is 0 Å². The van der Waals surface area contributed by atoms with Gasteiger partial charge in [0.25, 0.3) is 5.91 Å². The van der Waals surface area contributed by atoms with Crippen LogP contribution in [0.5, 0.6) is 0 Å². The van der Waals surface area contributed by atoms with E-state index in [0.29, 0.717) is 6.04 Å². The van der Waals surface area contributed by atoms with Crippen molar-refractivity contribution in [3.63, 3.8) is 0 Å². The number of pyridine rings is 1. The second-order valence-corrected chi connectivity index (χ2v) is 7.59. The van der Waals surface area contributed by atoms with E-state index in [0.717, 1.165) is 53.8 Å². The molecule has 0 unspecified atom stereocenters. The number of benzene rings is 1. The third-order valence-electron chi connectivity index (χ3n) is 5.19. The Bertz CT molecular complexity index is 990. The van der Waals surface area contributed by atoms with Crippen LogP contribution in [-0.2, 0) is 6.54 Å². The Hall–Kier alpha value is -2.27. The molecule has 25 heavy (non-hydrogen) atoms. The maximum atomic E-state index is 13.3. The van der Waals surface area contributed by atoms with Crippen LogP contribution in [0.3, 0.4) is 0 Å². The Morgan fingerprint density at radius 1 is 1.16 bits per heavy atom. The number of carbonyl (C=O) groups excluding carboxylic acids is 1. The third-order valence-corrected chi connectivity index (χ3v) is 5.92. The van der Waals surface area contributed by atoms with E-state index in [1.54, 1.807) is 11.8 Å². The van der Waals surface area contributed by atoms with E-state index in [1.807, 2.05) is 12.3 Å². The number of nitrogens with zero attached hydrogens (tertiary/aromatic N) is 3. The number of hydrogen-bond acceptors (Lipinski definition) is 3. The zero-order valence-corrected chi connectivity index (χ0v) is 14.9. The summed E-state index contributed by atoms with van der Waals surface area (Å²) in [5, 5.41) is 0. The molecule has 0 radical (unpaired) electrons. The number of hydrogen-bond donors (Lipinski definition) is 0. The average Bonchev–Trinajstić information content (AvgIpc) is 3.43. The van der Waals surface area contributed by atoms with Crippen molar-refractivity contribution in [1.82, 2.24) is 14.5 Å². The van der Waals surface area contributed by atoms with E-state index in [4.69, 9.17) is 0 Å². The molecule has 0 saturated heterocycles. The molecule has 4 nitrogen and oxygen atoms in total. The van der Waals surface area contributed by atoms with Gasteiger partial charge in [0.1, 0.15) is 5.69 Å². The van der Waals surface area contributed by atoms with Gasteiger partial charge in [-0.2, -0.15) is 0 Å². The van der Waals surface area contributed by atoms with Gasteiger partial charge < -0.3 is 9.47 Å². The van der Waals surface area contributed by atoms with E-state index in [1.165, 1.54) is 4.90 Å². The zero-order chi connectivity index (χ0) is 17.0. The van der Waals surface area contributed by atoms with E-state index in [9.17, 15) is 4.79 Å². The van der Waals surface area contributed by atoms with Crippen LogP contribution in [0.4, 0.5) is 0 Å². The average molecular weight is 349 g/mol. The van der Waals surface area contributed by atoms with Crippen LogP contribution in [0.25, 0.3) is 22.2 Å². The van der Waals surface area contributed by atoms with Gasteiger partial charge in [0.2, 0.25) is 0 Å². The highest BCUT2D eigenvalue weighted by atomic mass is 32.2. The van der Waals surface area contributed by atoms with Crippen LogP contribution in [-0.4, -0.2) is 39.2 Å². The van der Waals surface area contributed by atoms with Crippen LogP contribution in [0.1, 0.15) is 23.3 Å². The van der Waals surface area contributed by atoms with Crippen molar-refractivity contribution in [3.8, 4) is 11.1 Å². The summed E-state index contributed by atoms with van der Waals surface area (Å²) in [6, 6.07) is 12.9. The normalized spacial score (nSPS) is 17.2. The van der Waals surface area contributed by atoms with Gasteiger partial charge in [-0.05, 0) is 48.9 Å². The van der Waals surface area contributed by atoms with Gasteiger partial charge in [0, 0.05) is 35.8 Å². The van der Waals surface area contributed by atoms with Gasteiger partial charge in [-0.25, -0.2) is 0 Å². The Kier molecular flexibility index (Phi) is 3.38. The second-order valence-electron chi connectivity index (χ2n) is 6.71. The molecule has 2 aromatic heterocycles. The molecule has 0 spiro atoms. The molecule has 126 valence electrons. The van der Waals surface area contributed by atoms with Crippen LogP contribution < -0.4 is 0 Å². The fraction of sp³-hybridized carbons (Fsp3) is 0.300. The molecule has 1 aliphatic carbocycles. The Morgan fingerprint density at radius 3 is 2.84 bits per heavy atom. The van der Waals surface area contributed by atoms with Gasteiger partial charge in [0.05, 0.1) is 11.0 Å². The predicted molar refractivity (Wildman–Crippen MR) is 101 cm³/mol. The van der Waals surface area contributed by atoms with Gasteiger partial charge in [-0.1, -0.05) is 12.1 Å². The first-order chi connectivity index (χ1) is 12.3. The van der Waals surface area contributed by atoms with Crippen LogP contribution >= 0.6 is 11.8 Å². The molecule has 3 aromatic rings. The molecule has 5 heteroatoms. The smallest absolute Gasteiger partial charge is 0.271 e. The number of carbonyl (C=O) groups is 1. The number of amides is 1. The summed E-state index contributed by atoms with van der Waals surface area (Å²) >= 11 is 1.72. The molecule has 1 saturated carbocycles. The van der Waals surface area contributed by atoms with Gasteiger partial charge in [-0.3, -0.25) is 9.78 Å². The molecule has 0 bridgehead atoms. The predicted octanol–water partition coefficient (Wildman–Crippen LogP) is 4.04. The number of thioether (sulfide) groups is 1. The van der Waals surface area contributed by atoms with E-state index in [-0.39, 0.29) is 5.91 Å². The van der Waals surface area contributed by atoms with Gasteiger partial charge >= 0.3 is 0 Å². The summed E-state index contributed by atoms with van der Waals surface area (Å²) in [6.45, 7) is 1.65. The summed E-state index contributed by atoms with van der Waals surface area (Å²) in [6.07, 6.45) is 6.17. The van der Waals surface area contributed by atoms with E-state index in [2.05, 4.69) is 51.0 Å². The lowest BCUT2D eigenvalue weighted by atomic mass is 10.0. The Labute approximate surface area is 150 Å². The molecule has 0 atom stereocenters. The molecule has 0 N–H and O–H groups in total. The van der Waals surface area contributed by atoms with Gasteiger partial charge in [0.15, 0.2) is 0 Å². The van der Waals surface area contributed by atoms with Crippen molar-refractivity contribution in [2.24, 2.45) is 0 Å². The highest BCUT2D eigenvalue weighted by molar-refractivity contribution is 7.98. The van der Waals surface area contributed by atoms with Crippen molar-refractivity contribution in [3.05, 3.63) is 48.3 Å². The highest BCUT2D eigenvalue weighted by Crippen LogP contribution is 2.39. The fourth-order valence-electron chi connectivity index (χ4n) is 3.86. The molecule has 1 aliphatic heterocycles. The van der Waals surface area contributed by atoms with Crippen molar-refractivity contribution in [1.29, 1.82) is 0 Å². The minimum Gasteiger partial charge on any atom is -0.333 e. The summed E-state index contributed by atoms with van der Waals surface area (Å²) in [5.41, 5.74) is 4.87. The molecule has 1 aromatic carbocycles. The van der Waals surface area contributed by atoms with Gasteiger partial charge in [-0.15, -0.1) is 11.8 Å². The first-order valence-corrected chi connectivity index (χ1v) is 9.93. The van der Waals surface area contributed by atoms with Crippen molar-refractivity contribution >= 4 is 28.7 Å². The van der Waals surface area contributed by atoms with Crippen molar-refractivity contribution in [2.75, 3.05) is 12.8 Å². The summed E-state index contributed by atoms with van der Waals surface area (Å²) in [4.78, 5) is 21.2. The lowest BCUT2D eigenvalue weighted by Gasteiger charge is -2.29. The summed E-state index contributed by atoms with van der Waals surface area (Å²) in [7, 11) is 0. The minimum atomic E-state index is 0.163. The SMILES string of the molecule is CSc1cccc(-c2c3n(c4cccnc24)CCN(C2CC2)C3=O)c1. The first-order valence-electron chi connectivity index (χ1n) is 8.70. The largest absolute Gasteiger partial charge is 0.333 e. The molecule has 3 heterocycles.